The van der Waals surface area contributed by atoms with E-state index in [0.29, 0.717) is 13.0 Å². The average Bonchev–Trinajstić information content (AvgIpc) is 3.05. The molecule has 0 bridgehead atoms. The lowest BCUT2D eigenvalue weighted by Gasteiger charge is -2.11. The number of hydrogen-bond acceptors (Lipinski definition) is 4. The predicted molar refractivity (Wildman–Crippen MR) is 96.1 cm³/mol. The molecule has 0 saturated heterocycles. The number of aliphatic hydroxyl groups excluding tert-OH is 1. The van der Waals surface area contributed by atoms with Gasteiger partial charge >= 0.3 is 6.03 Å². The Morgan fingerprint density at radius 1 is 1.17 bits per heavy atom. The molecule has 24 heavy (non-hydrogen) atoms. The summed E-state index contributed by atoms with van der Waals surface area (Å²) in [6, 6.07) is 15.4. The Labute approximate surface area is 144 Å². The number of fused-ring (bicyclic) bond motifs is 1. The lowest BCUT2D eigenvalue weighted by molar-refractivity contribution is 0.176. The van der Waals surface area contributed by atoms with Gasteiger partial charge < -0.3 is 15.7 Å². The zero-order valence-corrected chi connectivity index (χ0v) is 13.9. The number of pyridine rings is 1. The molecule has 3 rings (SSSR count). The molecule has 2 amide bonds. The van der Waals surface area contributed by atoms with Gasteiger partial charge in [-0.15, -0.1) is 11.3 Å². The second-order valence-electron chi connectivity index (χ2n) is 5.41. The Balaban J connectivity index is 1.43. The Hall–Kier alpha value is -2.44. The van der Waals surface area contributed by atoms with Crippen LogP contribution in [0.4, 0.5) is 4.79 Å². The highest BCUT2D eigenvalue weighted by atomic mass is 32.1. The van der Waals surface area contributed by atoms with Gasteiger partial charge in [-0.2, -0.15) is 0 Å². The van der Waals surface area contributed by atoms with E-state index in [4.69, 9.17) is 0 Å². The molecule has 5 nitrogen and oxygen atoms in total. The third-order valence-electron chi connectivity index (χ3n) is 3.62. The highest BCUT2D eigenvalue weighted by Crippen LogP contribution is 2.29. The molecule has 2 aromatic heterocycles. The van der Waals surface area contributed by atoms with Crippen LogP contribution in [0.2, 0.25) is 0 Å². The summed E-state index contributed by atoms with van der Waals surface area (Å²) in [4.78, 5) is 16.8. The first kappa shape index (κ1) is 16.4. The van der Waals surface area contributed by atoms with Crippen molar-refractivity contribution in [3.8, 4) is 0 Å². The molecular formula is C18H19N3O2S. The summed E-state index contributed by atoms with van der Waals surface area (Å²) in [5, 5.41) is 16.8. The van der Waals surface area contributed by atoms with Crippen molar-refractivity contribution in [3.05, 3.63) is 65.3 Å². The standard InChI is InChI=1S/C18H19N3O2S/c22-15(17-11-13-5-1-2-7-16(13)24-17)12-21-18(23)20-10-8-14-6-3-4-9-19-14/h1-7,9,11,15,22H,8,10,12H2,(H2,20,21,23). The Kier molecular flexibility index (Phi) is 5.40. The fraction of sp³-hybridized carbons (Fsp3) is 0.222. The third kappa shape index (κ3) is 4.31. The lowest BCUT2D eigenvalue weighted by atomic mass is 10.2. The molecule has 0 spiro atoms. The normalized spacial score (nSPS) is 12.0. The minimum atomic E-state index is -0.705. The van der Waals surface area contributed by atoms with Crippen molar-refractivity contribution in [2.45, 2.75) is 12.5 Å². The minimum absolute atomic E-state index is 0.183. The van der Waals surface area contributed by atoms with Crippen molar-refractivity contribution in [1.29, 1.82) is 0 Å². The van der Waals surface area contributed by atoms with Crippen LogP contribution >= 0.6 is 11.3 Å². The maximum Gasteiger partial charge on any atom is 0.314 e. The molecular weight excluding hydrogens is 322 g/mol. The van der Waals surface area contributed by atoms with Gasteiger partial charge in [-0.1, -0.05) is 24.3 Å². The number of aliphatic hydroxyl groups is 1. The van der Waals surface area contributed by atoms with E-state index >= 15 is 0 Å². The second-order valence-corrected chi connectivity index (χ2v) is 6.53. The molecule has 1 atom stereocenters. The first-order valence-corrected chi connectivity index (χ1v) is 8.62. The molecule has 0 fully saturated rings. The van der Waals surface area contributed by atoms with E-state index in [2.05, 4.69) is 15.6 Å². The highest BCUT2D eigenvalue weighted by Gasteiger charge is 2.12. The summed E-state index contributed by atoms with van der Waals surface area (Å²) in [6.45, 7) is 0.685. The summed E-state index contributed by atoms with van der Waals surface area (Å²) < 4.78 is 1.13. The van der Waals surface area contributed by atoms with E-state index in [0.717, 1.165) is 20.7 Å². The van der Waals surface area contributed by atoms with Gasteiger partial charge in [0.1, 0.15) is 6.10 Å². The zero-order chi connectivity index (χ0) is 16.8. The number of urea groups is 1. The van der Waals surface area contributed by atoms with Gasteiger partial charge in [0.15, 0.2) is 0 Å². The minimum Gasteiger partial charge on any atom is -0.386 e. The molecule has 1 aromatic carbocycles. The van der Waals surface area contributed by atoms with Gasteiger partial charge in [0.25, 0.3) is 0 Å². The number of nitrogens with zero attached hydrogens (tertiary/aromatic N) is 1. The molecule has 6 heteroatoms. The Bertz CT molecular complexity index is 771. The fourth-order valence-corrected chi connectivity index (χ4v) is 3.42. The summed E-state index contributed by atoms with van der Waals surface area (Å²) in [5.41, 5.74) is 0.933. The van der Waals surface area contributed by atoms with Gasteiger partial charge in [-0.3, -0.25) is 4.98 Å². The van der Waals surface area contributed by atoms with Gasteiger partial charge in [-0.25, -0.2) is 4.79 Å². The van der Waals surface area contributed by atoms with Crippen molar-refractivity contribution in [1.82, 2.24) is 15.6 Å². The number of hydrogen-bond donors (Lipinski definition) is 3. The molecule has 0 saturated carbocycles. The van der Waals surface area contributed by atoms with Crippen LogP contribution < -0.4 is 10.6 Å². The van der Waals surface area contributed by atoms with Crippen LogP contribution in [0.1, 0.15) is 16.7 Å². The van der Waals surface area contributed by atoms with Crippen molar-refractivity contribution in [3.63, 3.8) is 0 Å². The third-order valence-corrected chi connectivity index (χ3v) is 4.84. The first-order chi connectivity index (χ1) is 11.7. The number of aromatic nitrogens is 1. The van der Waals surface area contributed by atoms with Crippen LogP contribution in [0.5, 0.6) is 0 Å². The molecule has 3 aromatic rings. The molecule has 1 unspecified atom stereocenters. The number of nitrogens with one attached hydrogen (secondary N) is 2. The van der Waals surface area contributed by atoms with Crippen molar-refractivity contribution in [2.75, 3.05) is 13.1 Å². The average molecular weight is 341 g/mol. The van der Waals surface area contributed by atoms with Crippen LogP contribution in [0.3, 0.4) is 0 Å². The van der Waals surface area contributed by atoms with E-state index in [9.17, 15) is 9.90 Å². The maximum atomic E-state index is 11.8. The van der Waals surface area contributed by atoms with Gasteiger partial charge in [0.05, 0.1) is 6.54 Å². The molecule has 0 aliphatic heterocycles. The number of carbonyl (C=O) groups is 1. The monoisotopic (exact) mass is 341 g/mol. The maximum absolute atomic E-state index is 11.8. The van der Waals surface area contributed by atoms with E-state index < -0.39 is 6.10 Å². The van der Waals surface area contributed by atoms with Gasteiger partial charge in [0, 0.05) is 34.4 Å². The van der Waals surface area contributed by atoms with Crippen LogP contribution in [0.15, 0.2) is 54.7 Å². The molecule has 0 aliphatic carbocycles. The largest absolute Gasteiger partial charge is 0.386 e. The Morgan fingerprint density at radius 3 is 2.79 bits per heavy atom. The topological polar surface area (TPSA) is 74.2 Å². The SMILES string of the molecule is O=C(NCCc1ccccn1)NCC(O)c1cc2ccccc2s1. The smallest absolute Gasteiger partial charge is 0.314 e. The predicted octanol–water partition coefficient (Wildman–Crippen LogP) is 2.87. The number of carbonyl (C=O) groups excluding carboxylic acids is 1. The Morgan fingerprint density at radius 2 is 2.00 bits per heavy atom. The van der Waals surface area contributed by atoms with Crippen LogP contribution in [0, 0.1) is 0 Å². The highest BCUT2D eigenvalue weighted by molar-refractivity contribution is 7.19. The van der Waals surface area contributed by atoms with Crippen LogP contribution in [-0.2, 0) is 6.42 Å². The van der Waals surface area contributed by atoms with Crippen molar-refractivity contribution in [2.24, 2.45) is 0 Å². The van der Waals surface area contributed by atoms with Crippen molar-refractivity contribution >= 4 is 27.5 Å². The number of amides is 2. The summed E-state index contributed by atoms with van der Waals surface area (Å²) in [7, 11) is 0. The fourth-order valence-electron chi connectivity index (χ4n) is 2.37. The van der Waals surface area contributed by atoms with E-state index in [1.54, 1.807) is 17.5 Å². The van der Waals surface area contributed by atoms with Crippen LogP contribution in [0.25, 0.3) is 10.1 Å². The number of thiophene rings is 1. The summed E-state index contributed by atoms with van der Waals surface area (Å²) in [5.74, 6) is 0. The molecule has 0 radical (unpaired) electrons. The van der Waals surface area contributed by atoms with E-state index in [-0.39, 0.29) is 12.6 Å². The van der Waals surface area contributed by atoms with E-state index in [1.807, 2.05) is 48.5 Å². The molecule has 2 heterocycles. The van der Waals surface area contributed by atoms with E-state index in [1.165, 1.54) is 0 Å². The quantitative estimate of drug-likeness (QED) is 0.645. The van der Waals surface area contributed by atoms with Crippen molar-refractivity contribution < 1.29 is 9.90 Å². The molecule has 3 N–H and O–H groups in total. The first-order valence-electron chi connectivity index (χ1n) is 7.80. The zero-order valence-electron chi connectivity index (χ0n) is 13.1. The van der Waals surface area contributed by atoms with Gasteiger partial charge in [-0.05, 0) is 29.7 Å². The van der Waals surface area contributed by atoms with Crippen LogP contribution in [-0.4, -0.2) is 29.2 Å². The molecule has 0 aliphatic rings. The second kappa shape index (κ2) is 7.90. The lowest BCUT2D eigenvalue weighted by Crippen LogP contribution is -2.38. The summed E-state index contributed by atoms with van der Waals surface area (Å²) >= 11 is 1.54. The van der Waals surface area contributed by atoms with Gasteiger partial charge in [0.2, 0.25) is 0 Å². The molecule has 124 valence electrons. The summed E-state index contributed by atoms with van der Waals surface area (Å²) in [6.07, 6.45) is 1.70. The number of rotatable bonds is 6. The number of benzene rings is 1.